The van der Waals surface area contributed by atoms with E-state index in [2.05, 4.69) is 5.32 Å². The maximum Gasteiger partial charge on any atom is 0.287 e. The van der Waals surface area contributed by atoms with Gasteiger partial charge in [-0.2, -0.15) is 0 Å². The number of benzene rings is 2. The van der Waals surface area contributed by atoms with E-state index in [0.29, 0.717) is 30.9 Å². The van der Waals surface area contributed by atoms with E-state index in [1.165, 1.54) is 0 Å². The van der Waals surface area contributed by atoms with Crippen molar-refractivity contribution in [3.05, 3.63) is 66.4 Å². The summed E-state index contributed by atoms with van der Waals surface area (Å²) >= 11 is 0. The molecule has 1 N–H and O–H groups in total. The molecule has 1 aliphatic rings. The van der Waals surface area contributed by atoms with Gasteiger partial charge in [-0.3, -0.25) is 9.59 Å². The first-order chi connectivity index (χ1) is 12.2. The molecule has 2 aromatic carbocycles. The number of fused-ring (bicyclic) bond motifs is 1. The van der Waals surface area contributed by atoms with Gasteiger partial charge in [0.05, 0.1) is 0 Å². The Morgan fingerprint density at radius 3 is 2.68 bits per heavy atom. The van der Waals surface area contributed by atoms with Crippen LogP contribution in [0.4, 0.5) is 5.69 Å². The molecule has 1 atom stereocenters. The Morgan fingerprint density at radius 2 is 1.88 bits per heavy atom. The number of hydrogen-bond donors (Lipinski definition) is 1. The number of rotatable bonds is 4. The van der Waals surface area contributed by atoms with Crippen molar-refractivity contribution in [1.29, 1.82) is 0 Å². The molecule has 4 rings (SSSR count). The van der Waals surface area contributed by atoms with Crippen LogP contribution in [0.1, 0.15) is 17.0 Å². The Morgan fingerprint density at radius 1 is 1.12 bits per heavy atom. The van der Waals surface area contributed by atoms with Crippen LogP contribution in [-0.2, 0) is 4.79 Å². The van der Waals surface area contributed by atoms with Crippen LogP contribution in [0.2, 0.25) is 0 Å². The molecule has 2 heterocycles. The molecule has 5 nitrogen and oxygen atoms in total. The Hall–Kier alpha value is -3.08. The number of carbonyl (C=O) groups is 2. The maximum atomic E-state index is 12.3. The summed E-state index contributed by atoms with van der Waals surface area (Å²) in [5.74, 6) is 0.238. The second-order valence-electron chi connectivity index (χ2n) is 6.27. The van der Waals surface area contributed by atoms with Crippen molar-refractivity contribution in [3.8, 4) is 0 Å². The van der Waals surface area contributed by atoms with Crippen molar-refractivity contribution in [2.24, 2.45) is 5.92 Å². The predicted molar refractivity (Wildman–Crippen MR) is 95.4 cm³/mol. The van der Waals surface area contributed by atoms with Crippen LogP contribution in [0.15, 0.2) is 65.1 Å². The van der Waals surface area contributed by atoms with Gasteiger partial charge in [-0.05, 0) is 24.3 Å². The van der Waals surface area contributed by atoms with Gasteiger partial charge in [0.2, 0.25) is 5.91 Å². The van der Waals surface area contributed by atoms with E-state index in [1.807, 2.05) is 54.6 Å². The molecule has 25 heavy (non-hydrogen) atoms. The van der Waals surface area contributed by atoms with E-state index >= 15 is 0 Å². The molecule has 0 aliphatic carbocycles. The first-order valence-electron chi connectivity index (χ1n) is 8.33. The molecule has 5 heteroatoms. The predicted octanol–water partition coefficient (Wildman–Crippen LogP) is 3.22. The zero-order valence-electron chi connectivity index (χ0n) is 13.6. The zero-order chi connectivity index (χ0) is 17.2. The van der Waals surface area contributed by atoms with E-state index in [4.69, 9.17) is 4.42 Å². The Balaban J connectivity index is 1.38. The van der Waals surface area contributed by atoms with Crippen LogP contribution >= 0.6 is 0 Å². The minimum atomic E-state index is -0.248. The summed E-state index contributed by atoms with van der Waals surface area (Å²) in [5.41, 5.74) is 1.59. The zero-order valence-corrected chi connectivity index (χ0v) is 13.6. The molecule has 1 aliphatic heterocycles. The van der Waals surface area contributed by atoms with E-state index in [1.54, 1.807) is 11.0 Å². The van der Waals surface area contributed by atoms with Crippen LogP contribution in [-0.4, -0.2) is 24.9 Å². The van der Waals surface area contributed by atoms with Crippen molar-refractivity contribution in [1.82, 2.24) is 5.32 Å². The van der Waals surface area contributed by atoms with Crippen LogP contribution < -0.4 is 10.2 Å². The van der Waals surface area contributed by atoms with Gasteiger partial charge in [-0.25, -0.2) is 0 Å². The molecule has 0 spiro atoms. The molecule has 1 unspecified atom stereocenters. The second-order valence-corrected chi connectivity index (χ2v) is 6.27. The fraction of sp³-hybridized carbons (Fsp3) is 0.200. The summed E-state index contributed by atoms with van der Waals surface area (Å²) in [6, 6.07) is 18.9. The van der Waals surface area contributed by atoms with Gasteiger partial charge in [0, 0.05) is 36.5 Å². The molecule has 0 saturated carbocycles. The molecule has 0 radical (unpaired) electrons. The summed E-state index contributed by atoms with van der Waals surface area (Å²) < 4.78 is 5.57. The summed E-state index contributed by atoms with van der Waals surface area (Å²) in [6.45, 7) is 1.06. The minimum Gasteiger partial charge on any atom is -0.451 e. The van der Waals surface area contributed by atoms with E-state index < -0.39 is 0 Å². The molecule has 1 saturated heterocycles. The Kier molecular flexibility index (Phi) is 3.98. The molecule has 3 aromatic rings. The highest BCUT2D eigenvalue weighted by Crippen LogP contribution is 2.24. The standard InChI is InChI=1S/C20H18N2O3/c23-19-10-14(13-22(19)16-7-2-1-3-8-16)12-21-20(24)18-11-15-6-4-5-9-17(15)25-18/h1-9,11,14H,10,12-13H2,(H,21,24). The molecule has 1 fully saturated rings. The highest BCUT2D eigenvalue weighted by molar-refractivity contribution is 5.97. The largest absolute Gasteiger partial charge is 0.451 e. The fourth-order valence-electron chi connectivity index (χ4n) is 3.19. The molecule has 1 aromatic heterocycles. The number of amides is 2. The molecule has 0 bridgehead atoms. The third kappa shape index (κ3) is 3.13. The first kappa shape index (κ1) is 15.4. The first-order valence-corrected chi connectivity index (χ1v) is 8.33. The minimum absolute atomic E-state index is 0.0918. The monoisotopic (exact) mass is 334 g/mol. The summed E-state index contributed by atoms with van der Waals surface area (Å²) in [6.07, 6.45) is 0.440. The number of carbonyl (C=O) groups excluding carboxylic acids is 2. The number of nitrogens with one attached hydrogen (secondary N) is 1. The summed E-state index contributed by atoms with van der Waals surface area (Å²) in [4.78, 5) is 26.3. The topological polar surface area (TPSA) is 62.6 Å². The fourth-order valence-corrected chi connectivity index (χ4v) is 3.19. The number of para-hydroxylation sites is 2. The van der Waals surface area contributed by atoms with Gasteiger partial charge >= 0.3 is 0 Å². The van der Waals surface area contributed by atoms with Gasteiger partial charge in [-0.1, -0.05) is 36.4 Å². The van der Waals surface area contributed by atoms with Gasteiger partial charge in [0.15, 0.2) is 5.76 Å². The van der Waals surface area contributed by atoms with Gasteiger partial charge < -0.3 is 14.6 Å². The van der Waals surface area contributed by atoms with Gasteiger partial charge in [0.25, 0.3) is 5.91 Å². The lowest BCUT2D eigenvalue weighted by Crippen LogP contribution is -2.31. The number of nitrogens with zero attached hydrogens (tertiary/aromatic N) is 1. The lowest BCUT2D eigenvalue weighted by molar-refractivity contribution is -0.117. The highest BCUT2D eigenvalue weighted by atomic mass is 16.3. The smallest absolute Gasteiger partial charge is 0.287 e. The Bertz CT molecular complexity index is 884. The van der Waals surface area contributed by atoms with Crippen molar-refractivity contribution >= 4 is 28.5 Å². The molecular weight excluding hydrogens is 316 g/mol. The molecular formula is C20H18N2O3. The van der Waals surface area contributed by atoms with E-state index in [-0.39, 0.29) is 17.7 Å². The average molecular weight is 334 g/mol. The van der Waals surface area contributed by atoms with E-state index in [9.17, 15) is 9.59 Å². The summed E-state index contributed by atoms with van der Waals surface area (Å²) in [7, 11) is 0. The third-order valence-corrected chi connectivity index (χ3v) is 4.47. The number of hydrogen-bond acceptors (Lipinski definition) is 3. The maximum absolute atomic E-state index is 12.3. The van der Waals surface area contributed by atoms with Crippen LogP contribution in [0.25, 0.3) is 11.0 Å². The number of furan rings is 1. The SMILES string of the molecule is O=C(NCC1CC(=O)N(c2ccccc2)C1)c1cc2ccccc2o1. The highest BCUT2D eigenvalue weighted by Gasteiger charge is 2.30. The van der Waals surface area contributed by atoms with Crippen molar-refractivity contribution in [2.75, 3.05) is 18.0 Å². The van der Waals surface area contributed by atoms with Crippen LogP contribution in [0, 0.1) is 5.92 Å². The lowest BCUT2D eigenvalue weighted by Gasteiger charge is -2.16. The van der Waals surface area contributed by atoms with Crippen molar-refractivity contribution in [2.45, 2.75) is 6.42 Å². The Labute approximate surface area is 145 Å². The van der Waals surface area contributed by atoms with Gasteiger partial charge in [-0.15, -0.1) is 0 Å². The summed E-state index contributed by atoms with van der Waals surface area (Å²) in [5, 5.41) is 3.78. The number of anilines is 1. The molecule has 126 valence electrons. The molecule has 2 amide bonds. The quantitative estimate of drug-likeness (QED) is 0.797. The van der Waals surface area contributed by atoms with E-state index in [0.717, 1.165) is 11.1 Å². The van der Waals surface area contributed by atoms with Crippen molar-refractivity contribution < 1.29 is 14.0 Å². The lowest BCUT2D eigenvalue weighted by atomic mass is 10.1. The van der Waals surface area contributed by atoms with Crippen LogP contribution in [0.5, 0.6) is 0 Å². The second kappa shape index (κ2) is 6.43. The normalized spacial score (nSPS) is 17.2. The van der Waals surface area contributed by atoms with Crippen molar-refractivity contribution in [3.63, 3.8) is 0 Å². The van der Waals surface area contributed by atoms with Crippen LogP contribution in [0.3, 0.4) is 0 Å². The third-order valence-electron chi connectivity index (χ3n) is 4.47. The van der Waals surface area contributed by atoms with Gasteiger partial charge in [0.1, 0.15) is 5.58 Å². The average Bonchev–Trinajstić information content (AvgIpc) is 3.24.